The predicted octanol–water partition coefficient (Wildman–Crippen LogP) is 2.97. The Bertz CT molecular complexity index is 353. The number of rotatable bonds is 3. The molecule has 0 spiro atoms. The third-order valence-corrected chi connectivity index (χ3v) is 5.58. The largest absolute Gasteiger partial charge is 0.326 e. The Balaban J connectivity index is 1.78. The van der Waals surface area contributed by atoms with Crippen molar-refractivity contribution in [2.75, 3.05) is 0 Å². The molecule has 1 atom stereocenters. The second kappa shape index (κ2) is 6.15. The molecule has 0 aromatic carbocycles. The van der Waals surface area contributed by atoms with E-state index in [2.05, 4.69) is 10.6 Å². The van der Waals surface area contributed by atoms with Gasteiger partial charge >= 0.3 is 6.03 Å². The number of nitrogens with one attached hydrogen (secondary N) is 2. The molecule has 1 saturated heterocycles. The summed E-state index contributed by atoms with van der Waals surface area (Å²) < 4.78 is 0. The number of carbonyl (C=O) groups excluding carboxylic acids is 2. The highest BCUT2D eigenvalue weighted by Gasteiger charge is 2.43. The van der Waals surface area contributed by atoms with Crippen molar-refractivity contribution in [2.45, 2.75) is 70.3 Å². The van der Waals surface area contributed by atoms with Gasteiger partial charge in [0.15, 0.2) is 0 Å². The highest BCUT2D eigenvalue weighted by molar-refractivity contribution is 6.04. The monoisotopic (exact) mass is 278 g/mol. The molecule has 1 heterocycles. The van der Waals surface area contributed by atoms with Gasteiger partial charge in [-0.15, -0.1) is 0 Å². The van der Waals surface area contributed by atoms with Crippen molar-refractivity contribution in [1.29, 1.82) is 0 Å². The summed E-state index contributed by atoms with van der Waals surface area (Å²) in [7, 11) is 0. The van der Waals surface area contributed by atoms with Crippen LogP contribution < -0.4 is 10.6 Å². The highest BCUT2D eigenvalue weighted by Crippen LogP contribution is 2.42. The third kappa shape index (κ3) is 2.84. The Morgan fingerprint density at radius 3 is 1.70 bits per heavy atom. The van der Waals surface area contributed by atoms with E-state index in [1.807, 2.05) is 0 Å². The van der Waals surface area contributed by atoms with Gasteiger partial charge in [0, 0.05) is 0 Å². The highest BCUT2D eigenvalue weighted by atomic mass is 16.2. The van der Waals surface area contributed by atoms with Crippen molar-refractivity contribution >= 4 is 11.9 Å². The van der Waals surface area contributed by atoms with Gasteiger partial charge in [0.25, 0.3) is 5.91 Å². The first-order valence-electron chi connectivity index (χ1n) is 8.37. The maximum atomic E-state index is 12.1. The molecule has 3 amide bonds. The Hall–Kier alpha value is -1.06. The number of urea groups is 1. The van der Waals surface area contributed by atoms with Crippen LogP contribution >= 0.6 is 0 Å². The van der Waals surface area contributed by atoms with E-state index in [1.165, 1.54) is 64.2 Å². The Morgan fingerprint density at radius 2 is 1.30 bits per heavy atom. The molecule has 4 nitrogen and oxygen atoms in total. The van der Waals surface area contributed by atoms with Gasteiger partial charge in [0.2, 0.25) is 0 Å². The van der Waals surface area contributed by atoms with Crippen LogP contribution in [0.4, 0.5) is 4.79 Å². The summed E-state index contributed by atoms with van der Waals surface area (Å²) in [6.07, 6.45) is 12.8. The van der Waals surface area contributed by atoms with Gasteiger partial charge in [-0.05, 0) is 17.8 Å². The zero-order chi connectivity index (χ0) is 13.9. The molecule has 1 unspecified atom stereocenters. The zero-order valence-corrected chi connectivity index (χ0v) is 12.2. The molecule has 2 aliphatic carbocycles. The van der Waals surface area contributed by atoms with E-state index in [1.54, 1.807) is 0 Å². The van der Waals surface area contributed by atoms with Crippen LogP contribution in [-0.2, 0) is 4.79 Å². The molecule has 2 N–H and O–H groups in total. The molecule has 0 aromatic heterocycles. The van der Waals surface area contributed by atoms with Crippen LogP contribution in [0.25, 0.3) is 0 Å². The van der Waals surface area contributed by atoms with Gasteiger partial charge in [-0.2, -0.15) is 0 Å². The Morgan fingerprint density at radius 1 is 0.800 bits per heavy atom. The van der Waals surface area contributed by atoms with Crippen molar-refractivity contribution in [1.82, 2.24) is 10.6 Å². The van der Waals surface area contributed by atoms with Crippen molar-refractivity contribution in [3.05, 3.63) is 0 Å². The molecule has 3 rings (SSSR count). The molecule has 112 valence electrons. The first-order chi connectivity index (χ1) is 9.75. The predicted molar refractivity (Wildman–Crippen MR) is 77.1 cm³/mol. The van der Waals surface area contributed by atoms with Gasteiger partial charge in [0.1, 0.15) is 6.04 Å². The fourth-order valence-corrected chi connectivity index (χ4v) is 4.67. The van der Waals surface area contributed by atoms with Crippen LogP contribution in [-0.4, -0.2) is 18.0 Å². The molecule has 3 aliphatic rings. The molecule has 4 heteroatoms. The van der Waals surface area contributed by atoms with Gasteiger partial charge in [0.05, 0.1) is 0 Å². The minimum absolute atomic E-state index is 0.0869. The fraction of sp³-hybridized carbons (Fsp3) is 0.875. The van der Waals surface area contributed by atoms with Crippen LogP contribution in [0.15, 0.2) is 0 Å². The van der Waals surface area contributed by atoms with E-state index in [-0.39, 0.29) is 18.0 Å². The summed E-state index contributed by atoms with van der Waals surface area (Å²) in [6, 6.07) is -0.565. The lowest BCUT2D eigenvalue weighted by Crippen LogP contribution is -2.45. The number of carbonyl (C=O) groups is 2. The average Bonchev–Trinajstić information content (AvgIpc) is 2.80. The first-order valence-corrected chi connectivity index (χ1v) is 8.37. The summed E-state index contributed by atoms with van der Waals surface area (Å²) in [6.45, 7) is 0. The average molecular weight is 278 g/mol. The lowest BCUT2D eigenvalue weighted by atomic mass is 9.66. The van der Waals surface area contributed by atoms with Crippen molar-refractivity contribution in [3.63, 3.8) is 0 Å². The zero-order valence-electron chi connectivity index (χ0n) is 12.2. The van der Waals surface area contributed by atoms with Gasteiger partial charge in [-0.1, -0.05) is 64.2 Å². The van der Waals surface area contributed by atoms with Crippen LogP contribution in [0.3, 0.4) is 0 Å². The maximum absolute atomic E-state index is 12.1. The van der Waals surface area contributed by atoms with Crippen molar-refractivity contribution in [3.8, 4) is 0 Å². The smallest absolute Gasteiger partial charge is 0.322 e. The SMILES string of the molecule is O=C1NC(=O)C(C(C2CCCCC2)C2CCCCC2)N1. The molecule has 20 heavy (non-hydrogen) atoms. The maximum Gasteiger partial charge on any atom is 0.322 e. The lowest BCUT2D eigenvalue weighted by molar-refractivity contribution is -0.122. The summed E-state index contributed by atoms with van der Waals surface area (Å²) in [4.78, 5) is 23.6. The van der Waals surface area contributed by atoms with Gasteiger partial charge in [-0.3, -0.25) is 10.1 Å². The molecule has 0 bridgehead atoms. The number of hydrogen-bond acceptors (Lipinski definition) is 2. The van der Waals surface area contributed by atoms with E-state index in [4.69, 9.17) is 0 Å². The summed E-state index contributed by atoms with van der Waals surface area (Å²) >= 11 is 0. The van der Waals surface area contributed by atoms with Gasteiger partial charge < -0.3 is 5.32 Å². The minimum Gasteiger partial charge on any atom is -0.326 e. The molecule has 3 fully saturated rings. The number of amides is 3. The third-order valence-electron chi connectivity index (χ3n) is 5.58. The lowest BCUT2D eigenvalue weighted by Gasteiger charge is -2.40. The molecule has 1 aliphatic heterocycles. The van der Waals surface area contributed by atoms with Crippen LogP contribution in [0.2, 0.25) is 0 Å². The van der Waals surface area contributed by atoms with Crippen LogP contribution in [0.5, 0.6) is 0 Å². The minimum atomic E-state index is -0.295. The quantitative estimate of drug-likeness (QED) is 0.780. The van der Waals surface area contributed by atoms with E-state index in [0.717, 1.165) is 0 Å². The summed E-state index contributed by atoms with van der Waals surface area (Å²) in [5, 5.41) is 5.34. The Labute approximate surface area is 121 Å². The fourth-order valence-electron chi connectivity index (χ4n) is 4.67. The van der Waals surface area contributed by atoms with E-state index >= 15 is 0 Å². The standard InChI is InChI=1S/C16H26N2O2/c19-15-14(17-16(20)18-15)13(11-7-3-1-4-8-11)12-9-5-2-6-10-12/h11-14H,1-10H2,(H2,17,18,19,20). The Kier molecular flexibility index (Phi) is 4.27. The summed E-state index contributed by atoms with van der Waals surface area (Å²) in [5.74, 6) is 1.53. The van der Waals surface area contributed by atoms with Crippen molar-refractivity contribution in [2.24, 2.45) is 17.8 Å². The number of hydrogen-bond donors (Lipinski definition) is 2. The van der Waals surface area contributed by atoms with E-state index < -0.39 is 0 Å². The first kappa shape index (κ1) is 13.9. The summed E-state index contributed by atoms with van der Waals surface area (Å²) in [5.41, 5.74) is 0. The molecule has 2 saturated carbocycles. The molecular formula is C16H26N2O2. The second-order valence-electron chi connectivity index (χ2n) is 6.81. The molecular weight excluding hydrogens is 252 g/mol. The number of imide groups is 1. The van der Waals surface area contributed by atoms with E-state index in [9.17, 15) is 9.59 Å². The normalized spacial score (nSPS) is 29.6. The van der Waals surface area contributed by atoms with Crippen LogP contribution in [0, 0.1) is 17.8 Å². The second-order valence-corrected chi connectivity index (χ2v) is 6.81. The molecule has 0 aromatic rings. The van der Waals surface area contributed by atoms with Crippen molar-refractivity contribution < 1.29 is 9.59 Å². The van der Waals surface area contributed by atoms with E-state index in [0.29, 0.717) is 17.8 Å². The molecule has 0 radical (unpaired) electrons. The topological polar surface area (TPSA) is 58.2 Å². The van der Waals surface area contributed by atoms with Gasteiger partial charge in [-0.25, -0.2) is 4.79 Å². The van der Waals surface area contributed by atoms with Crippen LogP contribution in [0.1, 0.15) is 64.2 Å².